The van der Waals surface area contributed by atoms with Crippen LogP contribution in [0.15, 0.2) is 47.4 Å². The van der Waals surface area contributed by atoms with Crippen LogP contribution in [0, 0.1) is 19.8 Å². The lowest BCUT2D eigenvalue weighted by Gasteiger charge is -2.45. The van der Waals surface area contributed by atoms with Gasteiger partial charge in [-0.25, -0.2) is 0 Å². The lowest BCUT2D eigenvalue weighted by atomic mass is 9.83. The molecule has 0 radical (unpaired) electrons. The number of benzene rings is 2. The van der Waals surface area contributed by atoms with E-state index < -0.39 is 0 Å². The van der Waals surface area contributed by atoms with Gasteiger partial charge in [0.05, 0.1) is 4.91 Å². The molecule has 5 nitrogen and oxygen atoms in total. The molecule has 2 aromatic carbocycles. The summed E-state index contributed by atoms with van der Waals surface area (Å²) in [5.41, 5.74) is 4.69. The highest BCUT2D eigenvalue weighted by molar-refractivity contribution is 8.04. The number of likely N-dealkylation sites (N-methyl/N-ethyl adjacent to an activating group) is 1. The maximum Gasteiger partial charge on any atom is 0.260 e. The summed E-state index contributed by atoms with van der Waals surface area (Å²) in [4.78, 5) is 33.7. The highest BCUT2D eigenvalue weighted by Gasteiger charge is 2.43. The second-order valence-electron chi connectivity index (χ2n) is 10.3. The summed E-state index contributed by atoms with van der Waals surface area (Å²) in [5, 5.41) is 0.960. The first kappa shape index (κ1) is 25.2. The molecular weight excluding hydrogens is 490 g/mol. The molecule has 0 spiro atoms. The highest BCUT2D eigenvalue weighted by atomic mass is 35.5. The second-order valence-corrected chi connectivity index (χ2v) is 12.0. The Bertz CT molecular complexity index is 1190. The number of amides is 2. The van der Waals surface area contributed by atoms with Gasteiger partial charge in [-0.3, -0.25) is 9.59 Å². The summed E-state index contributed by atoms with van der Waals surface area (Å²) in [6.45, 7) is 7.51. The smallest absolute Gasteiger partial charge is 0.260 e. The van der Waals surface area contributed by atoms with E-state index in [1.165, 1.54) is 16.8 Å². The van der Waals surface area contributed by atoms with Crippen LogP contribution in [0.2, 0.25) is 5.02 Å². The largest absolute Gasteiger partial charge is 0.368 e. The molecule has 1 aliphatic carbocycles. The Labute approximate surface area is 223 Å². The molecule has 2 aliphatic heterocycles. The Hall–Kier alpha value is -2.44. The van der Waals surface area contributed by atoms with Gasteiger partial charge in [0.15, 0.2) is 0 Å². The van der Waals surface area contributed by atoms with Crippen LogP contribution in [-0.2, 0) is 9.59 Å². The number of aryl methyl sites for hydroxylation is 2. The first-order chi connectivity index (χ1) is 17.3. The average Bonchev–Trinajstić information content (AvgIpc) is 2.89. The summed E-state index contributed by atoms with van der Waals surface area (Å²) in [6, 6.07) is 14.3. The van der Waals surface area contributed by atoms with E-state index in [1.807, 2.05) is 47.2 Å². The van der Waals surface area contributed by atoms with Crippen molar-refractivity contribution in [2.45, 2.75) is 44.4 Å². The number of nitrogens with zero attached hydrogens (tertiary/aromatic N) is 3. The fourth-order valence-electron chi connectivity index (χ4n) is 5.74. The number of rotatable bonds is 3. The van der Waals surface area contributed by atoms with E-state index in [2.05, 4.69) is 36.9 Å². The van der Waals surface area contributed by atoms with Crippen molar-refractivity contribution in [1.29, 1.82) is 0 Å². The van der Waals surface area contributed by atoms with Gasteiger partial charge in [0.2, 0.25) is 5.91 Å². The maximum atomic E-state index is 13.5. The van der Waals surface area contributed by atoms with Crippen molar-refractivity contribution < 1.29 is 9.59 Å². The van der Waals surface area contributed by atoms with Crippen LogP contribution in [0.3, 0.4) is 0 Å². The molecule has 3 fully saturated rings. The van der Waals surface area contributed by atoms with Gasteiger partial charge in [0.1, 0.15) is 0 Å². The number of carbonyl (C=O) groups is 2. The van der Waals surface area contributed by atoms with Crippen LogP contribution in [0.1, 0.15) is 36.0 Å². The van der Waals surface area contributed by atoms with E-state index in [9.17, 15) is 9.59 Å². The zero-order chi connectivity index (χ0) is 25.4. The molecule has 0 bridgehead atoms. The maximum absolute atomic E-state index is 13.5. The van der Waals surface area contributed by atoms with Gasteiger partial charge in [-0.05, 0) is 68.0 Å². The van der Waals surface area contributed by atoms with E-state index in [0.29, 0.717) is 10.3 Å². The summed E-state index contributed by atoms with van der Waals surface area (Å²) < 4.78 is 0. The molecule has 3 aliphatic rings. The number of hydrogen-bond acceptors (Lipinski definition) is 4. The van der Waals surface area contributed by atoms with Crippen LogP contribution in [0.5, 0.6) is 0 Å². The first-order valence-corrected chi connectivity index (χ1v) is 14.1. The summed E-state index contributed by atoms with van der Waals surface area (Å²) >= 11 is 7.99. The van der Waals surface area contributed by atoms with Crippen molar-refractivity contribution >= 4 is 46.9 Å². The molecule has 2 aromatic rings. The lowest BCUT2D eigenvalue weighted by Crippen LogP contribution is -2.55. The van der Waals surface area contributed by atoms with Crippen molar-refractivity contribution in [2.75, 3.05) is 38.1 Å². The SMILES string of the molecule is Cc1ccc(C)c(N2CCN(C(=O)C3CCC4S/C(=C\c5ccccc5Cl)C(=O)N(C)C4C3)CC2)c1. The number of hydrogen-bond donors (Lipinski definition) is 0. The summed E-state index contributed by atoms with van der Waals surface area (Å²) in [7, 11) is 1.88. The average molecular weight is 524 g/mol. The second kappa shape index (κ2) is 10.5. The molecule has 2 saturated heterocycles. The molecule has 3 unspecified atom stereocenters. The molecule has 2 heterocycles. The normalized spacial score (nSPS) is 25.8. The van der Waals surface area contributed by atoms with Crippen LogP contribution < -0.4 is 4.90 Å². The molecule has 36 heavy (non-hydrogen) atoms. The first-order valence-electron chi connectivity index (χ1n) is 12.8. The predicted molar refractivity (Wildman–Crippen MR) is 149 cm³/mol. The summed E-state index contributed by atoms with van der Waals surface area (Å²) in [5.74, 6) is 0.275. The topological polar surface area (TPSA) is 43.9 Å². The van der Waals surface area contributed by atoms with Gasteiger partial charge in [-0.1, -0.05) is 41.9 Å². The molecule has 7 heteroatoms. The Morgan fingerprint density at radius 1 is 1.06 bits per heavy atom. The molecule has 0 aromatic heterocycles. The van der Waals surface area contributed by atoms with E-state index in [-0.39, 0.29) is 23.8 Å². The number of fused-ring (bicyclic) bond motifs is 1. The zero-order valence-electron chi connectivity index (χ0n) is 21.2. The van der Waals surface area contributed by atoms with Crippen molar-refractivity contribution in [3.8, 4) is 0 Å². The molecule has 190 valence electrons. The van der Waals surface area contributed by atoms with Gasteiger partial charge in [-0.15, -0.1) is 11.8 Å². The highest BCUT2D eigenvalue weighted by Crippen LogP contribution is 2.44. The van der Waals surface area contributed by atoms with E-state index in [4.69, 9.17) is 11.6 Å². The van der Waals surface area contributed by atoms with Crippen LogP contribution in [0.4, 0.5) is 5.69 Å². The number of halogens is 1. The minimum atomic E-state index is -0.0107. The number of carbonyl (C=O) groups excluding carboxylic acids is 2. The predicted octanol–water partition coefficient (Wildman–Crippen LogP) is 5.39. The van der Waals surface area contributed by atoms with Crippen LogP contribution in [0.25, 0.3) is 6.08 Å². The Morgan fingerprint density at radius 3 is 2.56 bits per heavy atom. The van der Waals surface area contributed by atoms with Gasteiger partial charge in [0, 0.05) is 61.1 Å². The molecule has 5 rings (SSSR count). The Kier molecular flexibility index (Phi) is 7.36. The Morgan fingerprint density at radius 2 is 1.81 bits per heavy atom. The van der Waals surface area contributed by atoms with Crippen molar-refractivity contribution in [2.24, 2.45) is 5.92 Å². The third-order valence-electron chi connectivity index (χ3n) is 7.90. The monoisotopic (exact) mass is 523 g/mol. The molecule has 1 saturated carbocycles. The number of piperazine rings is 1. The minimum Gasteiger partial charge on any atom is -0.368 e. The van der Waals surface area contributed by atoms with Crippen LogP contribution in [-0.4, -0.2) is 66.1 Å². The van der Waals surface area contributed by atoms with E-state index >= 15 is 0 Å². The molecule has 0 N–H and O–H groups in total. The fourth-order valence-corrected chi connectivity index (χ4v) is 7.40. The third kappa shape index (κ3) is 5.03. The van der Waals surface area contributed by atoms with E-state index in [0.717, 1.165) is 55.9 Å². The van der Waals surface area contributed by atoms with Crippen molar-refractivity contribution in [3.05, 3.63) is 69.1 Å². The minimum absolute atomic E-state index is 0.0107. The number of thioether (sulfide) groups is 1. The van der Waals surface area contributed by atoms with Gasteiger partial charge >= 0.3 is 0 Å². The van der Waals surface area contributed by atoms with E-state index in [1.54, 1.807) is 11.8 Å². The standard InChI is InChI=1S/C29H34ClN3O2S/c1-19-8-9-20(2)24(16-19)32-12-14-33(15-13-32)28(34)22-10-11-26-25(17-22)31(3)29(35)27(36-26)18-21-6-4-5-7-23(21)30/h4-9,16,18,22,25-26H,10-15,17H2,1-3H3/b27-18-. The van der Waals surface area contributed by atoms with Crippen molar-refractivity contribution in [3.63, 3.8) is 0 Å². The van der Waals surface area contributed by atoms with Crippen LogP contribution >= 0.6 is 23.4 Å². The van der Waals surface area contributed by atoms with Gasteiger partial charge < -0.3 is 14.7 Å². The molecular formula is C29H34ClN3O2S. The zero-order valence-corrected chi connectivity index (χ0v) is 22.8. The number of anilines is 1. The van der Waals surface area contributed by atoms with Gasteiger partial charge in [-0.2, -0.15) is 0 Å². The molecule has 2 amide bonds. The third-order valence-corrected chi connectivity index (χ3v) is 9.64. The molecule has 3 atom stereocenters. The summed E-state index contributed by atoms with van der Waals surface area (Å²) in [6.07, 6.45) is 4.47. The van der Waals surface area contributed by atoms with Gasteiger partial charge in [0.25, 0.3) is 5.91 Å². The fraction of sp³-hybridized carbons (Fsp3) is 0.448. The van der Waals surface area contributed by atoms with Crippen molar-refractivity contribution in [1.82, 2.24) is 9.80 Å². The quantitative estimate of drug-likeness (QED) is 0.506. The Balaban J connectivity index is 1.21. The lowest BCUT2D eigenvalue weighted by molar-refractivity contribution is -0.139.